The Morgan fingerprint density at radius 3 is 2.62 bits per heavy atom. The van der Waals surface area contributed by atoms with Crippen molar-refractivity contribution in [3.05, 3.63) is 33.8 Å². The SMILES string of the molecule is CC(O)(CN)c1cc(Cl)ccc1Cl. The van der Waals surface area contributed by atoms with Gasteiger partial charge in [-0.2, -0.15) is 0 Å². The maximum atomic E-state index is 9.83. The van der Waals surface area contributed by atoms with Gasteiger partial charge in [0.25, 0.3) is 0 Å². The predicted octanol–water partition coefficient (Wildman–Crippen LogP) is 2.16. The van der Waals surface area contributed by atoms with Gasteiger partial charge in [-0.15, -0.1) is 0 Å². The maximum absolute atomic E-state index is 9.83. The summed E-state index contributed by atoms with van der Waals surface area (Å²) < 4.78 is 0. The van der Waals surface area contributed by atoms with Crippen LogP contribution >= 0.6 is 23.2 Å². The number of aliphatic hydroxyl groups is 1. The van der Waals surface area contributed by atoms with Crippen molar-refractivity contribution in [3.63, 3.8) is 0 Å². The first-order valence-corrected chi connectivity index (χ1v) is 4.61. The van der Waals surface area contributed by atoms with Gasteiger partial charge in [-0.1, -0.05) is 23.2 Å². The number of rotatable bonds is 2. The van der Waals surface area contributed by atoms with Gasteiger partial charge in [-0.05, 0) is 25.1 Å². The number of halogens is 2. The van der Waals surface area contributed by atoms with Crippen LogP contribution in [0.4, 0.5) is 0 Å². The number of nitrogens with two attached hydrogens (primary N) is 1. The molecular weight excluding hydrogens is 209 g/mol. The summed E-state index contributed by atoms with van der Waals surface area (Å²) in [5.41, 5.74) is 4.84. The van der Waals surface area contributed by atoms with E-state index in [1.54, 1.807) is 25.1 Å². The molecule has 0 spiro atoms. The zero-order chi connectivity index (χ0) is 10.1. The largest absolute Gasteiger partial charge is 0.384 e. The second-order valence-electron chi connectivity index (χ2n) is 3.10. The van der Waals surface area contributed by atoms with Gasteiger partial charge < -0.3 is 10.8 Å². The molecule has 1 atom stereocenters. The van der Waals surface area contributed by atoms with Gasteiger partial charge >= 0.3 is 0 Å². The Bertz CT molecular complexity index is 312. The lowest BCUT2D eigenvalue weighted by molar-refractivity contribution is 0.0669. The van der Waals surface area contributed by atoms with E-state index in [2.05, 4.69) is 0 Å². The first-order chi connectivity index (χ1) is 5.97. The monoisotopic (exact) mass is 219 g/mol. The van der Waals surface area contributed by atoms with E-state index in [1.807, 2.05) is 0 Å². The molecule has 1 rings (SSSR count). The Labute approximate surface area is 87.3 Å². The van der Waals surface area contributed by atoms with Crippen LogP contribution in [0, 0.1) is 0 Å². The van der Waals surface area contributed by atoms with E-state index >= 15 is 0 Å². The normalized spacial score (nSPS) is 15.5. The Morgan fingerprint density at radius 1 is 1.46 bits per heavy atom. The van der Waals surface area contributed by atoms with Gasteiger partial charge in [0.1, 0.15) is 5.60 Å². The number of benzene rings is 1. The molecule has 0 amide bonds. The summed E-state index contributed by atoms with van der Waals surface area (Å²) in [4.78, 5) is 0. The predicted molar refractivity (Wildman–Crippen MR) is 55.1 cm³/mol. The second-order valence-corrected chi connectivity index (χ2v) is 3.95. The first kappa shape index (κ1) is 10.8. The molecule has 0 bridgehead atoms. The molecule has 0 aromatic heterocycles. The summed E-state index contributed by atoms with van der Waals surface area (Å²) in [6, 6.07) is 4.93. The zero-order valence-electron chi connectivity index (χ0n) is 7.22. The van der Waals surface area contributed by atoms with Crippen LogP contribution in [-0.4, -0.2) is 11.7 Å². The minimum Gasteiger partial charge on any atom is -0.384 e. The smallest absolute Gasteiger partial charge is 0.100 e. The van der Waals surface area contributed by atoms with Crippen molar-refractivity contribution in [1.29, 1.82) is 0 Å². The van der Waals surface area contributed by atoms with E-state index in [4.69, 9.17) is 28.9 Å². The molecule has 0 aliphatic carbocycles. The topological polar surface area (TPSA) is 46.2 Å². The fourth-order valence-electron chi connectivity index (χ4n) is 1.02. The highest BCUT2D eigenvalue weighted by molar-refractivity contribution is 6.33. The molecule has 13 heavy (non-hydrogen) atoms. The molecule has 1 aromatic rings. The molecule has 0 heterocycles. The summed E-state index contributed by atoms with van der Waals surface area (Å²) in [7, 11) is 0. The van der Waals surface area contributed by atoms with Crippen LogP contribution in [0.2, 0.25) is 10.0 Å². The van der Waals surface area contributed by atoms with E-state index in [1.165, 1.54) is 0 Å². The number of hydrogen-bond donors (Lipinski definition) is 2. The Balaban J connectivity index is 3.20. The molecule has 0 saturated heterocycles. The van der Waals surface area contributed by atoms with E-state index in [0.717, 1.165) is 0 Å². The van der Waals surface area contributed by atoms with Crippen LogP contribution in [-0.2, 0) is 5.60 Å². The van der Waals surface area contributed by atoms with Crippen molar-refractivity contribution in [2.45, 2.75) is 12.5 Å². The van der Waals surface area contributed by atoms with Gasteiger partial charge in [0.15, 0.2) is 0 Å². The van der Waals surface area contributed by atoms with Crippen LogP contribution in [0.25, 0.3) is 0 Å². The van der Waals surface area contributed by atoms with Crippen molar-refractivity contribution in [2.75, 3.05) is 6.54 Å². The molecule has 0 aliphatic rings. The third kappa shape index (κ3) is 2.35. The highest BCUT2D eigenvalue weighted by atomic mass is 35.5. The Hall–Kier alpha value is -0.280. The van der Waals surface area contributed by atoms with Crippen LogP contribution < -0.4 is 5.73 Å². The molecule has 4 heteroatoms. The standard InChI is InChI=1S/C9H11Cl2NO/c1-9(13,5-12)7-4-6(10)2-3-8(7)11/h2-4,13H,5,12H2,1H3. The molecule has 0 fully saturated rings. The van der Waals surface area contributed by atoms with E-state index in [-0.39, 0.29) is 6.54 Å². The minimum atomic E-state index is -1.12. The Morgan fingerprint density at radius 2 is 2.08 bits per heavy atom. The van der Waals surface area contributed by atoms with Gasteiger partial charge in [-0.25, -0.2) is 0 Å². The van der Waals surface area contributed by atoms with Crippen molar-refractivity contribution in [1.82, 2.24) is 0 Å². The lowest BCUT2D eigenvalue weighted by atomic mass is 9.96. The molecular formula is C9H11Cl2NO. The minimum absolute atomic E-state index is 0.104. The van der Waals surface area contributed by atoms with Gasteiger partial charge in [0.05, 0.1) is 0 Å². The van der Waals surface area contributed by atoms with Gasteiger partial charge in [-0.3, -0.25) is 0 Å². The van der Waals surface area contributed by atoms with E-state index in [9.17, 15) is 5.11 Å². The van der Waals surface area contributed by atoms with Gasteiger partial charge in [0, 0.05) is 22.2 Å². The van der Waals surface area contributed by atoms with Gasteiger partial charge in [0.2, 0.25) is 0 Å². The van der Waals surface area contributed by atoms with Crippen LogP contribution in [0.5, 0.6) is 0 Å². The molecule has 2 nitrogen and oxygen atoms in total. The summed E-state index contributed by atoms with van der Waals surface area (Å²) in [6.07, 6.45) is 0. The van der Waals surface area contributed by atoms with Crippen molar-refractivity contribution < 1.29 is 5.11 Å². The van der Waals surface area contributed by atoms with E-state index in [0.29, 0.717) is 15.6 Å². The third-order valence-corrected chi connectivity index (χ3v) is 2.47. The quantitative estimate of drug-likeness (QED) is 0.802. The van der Waals surface area contributed by atoms with Crippen LogP contribution in [0.3, 0.4) is 0 Å². The second kappa shape index (κ2) is 3.84. The highest BCUT2D eigenvalue weighted by Gasteiger charge is 2.23. The molecule has 0 saturated carbocycles. The number of hydrogen-bond acceptors (Lipinski definition) is 2. The average Bonchev–Trinajstić information content (AvgIpc) is 2.09. The summed E-state index contributed by atoms with van der Waals surface area (Å²) in [5.74, 6) is 0. The Kier molecular flexibility index (Phi) is 3.19. The average molecular weight is 220 g/mol. The zero-order valence-corrected chi connectivity index (χ0v) is 8.73. The summed E-state index contributed by atoms with van der Waals surface area (Å²) >= 11 is 11.7. The van der Waals surface area contributed by atoms with E-state index < -0.39 is 5.60 Å². The lowest BCUT2D eigenvalue weighted by Crippen LogP contribution is -2.31. The van der Waals surface area contributed by atoms with Crippen molar-refractivity contribution in [3.8, 4) is 0 Å². The third-order valence-electron chi connectivity index (χ3n) is 1.91. The summed E-state index contributed by atoms with van der Waals surface area (Å²) in [6.45, 7) is 1.71. The lowest BCUT2D eigenvalue weighted by Gasteiger charge is -2.22. The molecule has 1 aromatic carbocycles. The molecule has 0 radical (unpaired) electrons. The van der Waals surface area contributed by atoms with Crippen LogP contribution in [0.15, 0.2) is 18.2 Å². The maximum Gasteiger partial charge on any atom is 0.100 e. The highest BCUT2D eigenvalue weighted by Crippen LogP contribution is 2.29. The first-order valence-electron chi connectivity index (χ1n) is 3.85. The molecule has 3 N–H and O–H groups in total. The fraction of sp³-hybridized carbons (Fsp3) is 0.333. The van der Waals surface area contributed by atoms with Crippen molar-refractivity contribution >= 4 is 23.2 Å². The molecule has 72 valence electrons. The molecule has 1 unspecified atom stereocenters. The fourth-order valence-corrected chi connectivity index (χ4v) is 1.51. The summed E-state index contributed by atoms with van der Waals surface area (Å²) in [5, 5.41) is 10.8. The molecule has 0 aliphatic heterocycles. The van der Waals surface area contributed by atoms with Crippen molar-refractivity contribution in [2.24, 2.45) is 5.73 Å². The van der Waals surface area contributed by atoms with Crippen LogP contribution in [0.1, 0.15) is 12.5 Å².